The second-order valence-corrected chi connectivity index (χ2v) is 6.07. The topological polar surface area (TPSA) is 74.6 Å². The standard InChI is InChI=1S/C17H13ClN4O3/c1-25-13-4-2-3-12(9-13)21-16(23)14-15(17(21)24)22(20-19-14)11-7-5-10(18)6-8-11/h2-9,14-15H,1H3/t14-,15+/m1/s1. The Hall–Kier alpha value is -2.93. The molecule has 4 rings (SSSR count). The van der Waals surface area contributed by atoms with Crippen molar-refractivity contribution in [2.45, 2.75) is 12.1 Å². The van der Waals surface area contributed by atoms with Gasteiger partial charge in [0.05, 0.1) is 18.5 Å². The third-order valence-corrected chi connectivity index (χ3v) is 4.44. The fraction of sp³-hybridized carbons (Fsp3) is 0.176. The van der Waals surface area contributed by atoms with Crippen molar-refractivity contribution in [2.75, 3.05) is 17.0 Å². The predicted molar refractivity (Wildman–Crippen MR) is 91.9 cm³/mol. The van der Waals surface area contributed by atoms with Gasteiger partial charge in [0.15, 0.2) is 12.1 Å². The Balaban J connectivity index is 1.69. The zero-order valence-corrected chi connectivity index (χ0v) is 13.9. The summed E-state index contributed by atoms with van der Waals surface area (Å²) in [6.45, 7) is 0. The lowest BCUT2D eigenvalue weighted by Crippen LogP contribution is -2.39. The molecule has 2 aliphatic heterocycles. The number of halogens is 1. The third-order valence-electron chi connectivity index (χ3n) is 4.18. The molecule has 8 heteroatoms. The van der Waals surface area contributed by atoms with Gasteiger partial charge >= 0.3 is 0 Å². The summed E-state index contributed by atoms with van der Waals surface area (Å²) < 4.78 is 5.17. The van der Waals surface area contributed by atoms with Crippen molar-refractivity contribution in [3.8, 4) is 5.75 Å². The molecular weight excluding hydrogens is 344 g/mol. The molecule has 1 fully saturated rings. The number of rotatable bonds is 3. The minimum atomic E-state index is -0.852. The van der Waals surface area contributed by atoms with Gasteiger partial charge in [-0.05, 0) is 36.4 Å². The van der Waals surface area contributed by atoms with Crippen LogP contribution in [0.5, 0.6) is 5.75 Å². The van der Waals surface area contributed by atoms with E-state index in [0.717, 1.165) is 4.90 Å². The summed E-state index contributed by atoms with van der Waals surface area (Å²) in [5.74, 6) is -0.210. The van der Waals surface area contributed by atoms with Crippen LogP contribution in [0.25, 0.3) is 0 Å². The van der Waals surface area contributed by atoms with Crippen molar-refractivity contribution in [2.24, 2.45) is 10.3 Å². The largest absolute Gasteiger partial charge is 0.497 e. The minimum absolute atomic E-state index is 0.372. The molecule has 0 radical (unpaired) electrons. The molecule has 0 aliphatic carbocycles. The van der Waals surface area contributed by atoms with Gasteiger partial charge in [-0.15, -0.1) is 0 Å². The zero-order chi connectivity index (χ0) is 17.6. The molecule has 0 spiro atoms. The first-order chi connectivity index (χ1) is 12.1. The molecule has 2 aliphatic rings. The number of imide groups is 1. The second kappa shape index (κ2) is 5.86. The average molecular weight is 357 g/mol. The summed E-state index contributed by atoms with van der Waals surface area (Å²) in [5, 5.41) is 10.0. The Labute approximate surface area is 148 Å². The number of fused-ring (bicyclic) bond motifs is 1. The van der Waals surface area contributed by atoms with Crippen LogP contribution in [0.4, 0.5) is 11.4 Å². The van der Waals surface area contributed by atoms with Crippen LogP contribution in [-0.4, -0.2) is 31.0 Å². The summed E-state index contributed by atoms with van der Waals surface area (Å²) in [6.07, 6.45) is 0. The lowest BCUT2D eigenvalue weighted by molar-refractivity contribution is -0.121. The summed E-state index contributed by atoms with van der Waals surface area (Å²) >= 11 is 5.90. The normalized spacial score (nSPS) is 21.8. The summed E-state index contributed by atoms with van der Waals surface area (Å²) in [6, 6.07) is 12.0. The molecule has 2 aromatic rings. The maximum atomic E-state index is 12.9. The number of ether oxygens (including phenoxy) is 1. The van der Waals surface area contributed by atoms with Crippen molar-refractivity contribution in [1.82, 2.24) is 0 Å². The Morgan fingerprint density at radius 3 is 2.52 bits per heavy atom. The fourth-order valence-corrected chi connectivity index (χ4v) is 3.10. The predicted octanol–water partition coefficient (Wildman–Crippen LogP) is 2.85. The smallest absolute Gasteiger partial charge is 0.263 e. The number of hydrogen-bond donors (Lipinski definition) is 0. The van der Waals surface area contributed by atoms with Crippen LogP contribution in [0.1, 0.15) is 0 Å². The summed E-state index contributed by atoms with van der Waals surface area (Å²) in [7, 11) is 1.53. The molecule has 0 N–H and O–H groups in total. The van der Waals surface area contributed by atoms with Crippen molar-refractivity contribution in [3.05, 3.63) is 53.6 Å². The van der Waals surface area contributed by atoms with Gasteiger partial charge in [0.25, 0.3) is 11.8 Å². The van der Waals surface area contributed by atoms with Gasteiger partial charge in [-0.1, -0.05) is 22.9 Å². The van der Waals surface area contributed by atoms with E-state index in [2.05, 4.69) is 10.3 Å². The molecular formula is C17H13ClN4O3. The molecule has 0 unspecified atom stereocenters. The maximum Gasteiger partial charge on any atom is 0.263 e. The van der Waals surface area contributed by atoms with E-state index in [4.69, 9.17) is 16.3 Å². The van der Waals surface area contributed by atoms with E-state index in [1.54, 1.807) is 48.5 Å². The highest BCUT2D eigenvalue weighted by atomic mass is 35.5. The number of carbonyl (C=O) groups is 2. The SMILES string of the molecule is COc1cccc(N2C(=O)[C@@H]3[C@@H](N=NN3c3ccc(Cl)cc3)C2=O)c1. The van der Waals surface area contributed by atoms with Crippen LogP contribution in [0, 0.1) is 0 Å². The lowest BCUT2D eigenvalue weighted by atomic mass is 10.1. The van der Waals surface area contributed by atoms with Crippen molar-refractivity contribution < 1.29 is 14.3 Å². The van der Waals surface area contributed by atoms with E-state index in [1.807, 2.05) is 0 Å². The van der Waals surface area contributed by atoms with Gasteiger partial charge in [-0.3, -0.25) is 9.59 Å². The van der Waals surface area contributed by atoms with Gasteiger partial charge in [0.2, 0.25) is 0 Å². The van der Waals surface area contributed by atoms with Crippen LogP contribution in [0.2, 0.25) is 5.02 Å². The van der Waals surface area contributed by atoms with Crippen molar-refractivity contribution in [1.29, 1.82) is 0 Å². The van der Waals surface area contributed by atoms with Gasteiger partial charge in [0.1, 0.15) is 5.75 Å². The molecule has 2 heterocycles. The number of benzene rings is 2. The monoisotopic (exact) mass is 356 g/mol. The Morgan fingerprint density at radius 2 is 1.80 bits per heavy atom. The highest BCUT2D eigenvalue weighted by Crippen LogP contribution is 2.35. The van der Waals surface area contributed by atoms with Crippen LogP contribution < -0.4 is 14.6 Å². The molecule has 2 amide bonds. The molecule has 126 valence electrons. The Kier molecular flexibility index (Phi) is 3.65. The van der Waals surface area contributed by atoms with E-state index in [1.165, 1.54) is 12.1 Å². The average Bonchev–Trinajstić information content (AvgIpc) is 3.16. The fourth-order valence-electron chi connectivity index (χ4n) is 2.97. The molecule has 1 saturated heterocycles. The first kappa shape index (κ1) is 15.6. The number of anilines is 2. The lowest BCUT2D eigenvalue weighted by Gasteiger charge is -2.20. The summed E-state index contributed by atoms with van der Waals surface area (Å²) in [5.41, 5.74) is 1.10. The maximum absolute atomic E-state index is 12.9. The van der Waals surface area contributed by atoms with Crippen molar-refractivity contribution >= 4 is 34.8 Å². The number of carbonyl (C=O) groups excluding carboxylic acids is 2. The van der Waals surface area contributed by atoms with Crippen LogP contribution in [0.15, 0.2) is 58.9 Å². The van der Waals surface area contributed by atoms with E-state index in [9.17, 15) is 9.59 Å². The van der Waals surface area contributed by atoms with Crippen LogP contribution in [-0.2, 0) is 9.59 Å². The molecule has 0 saturated carbocycles. The van der Waals surface area contributed by atoms with E-state index < -0.39 is 18.0 Å². The highest BCUT2D eigenvalue weighted by molar-refractivity contribution is 6.30. The molecule has 25 heavy (non-hydrogen) atoms. The first-order valence-corrected chi connectivity index (χ1v) is 7.95. The van der Waals surface area contributed by atoms with E-state index in [0.29, 0.717) is 22.1 Å². The molecule has 0 aromatic heterocycles. The molecule has 2 aromatic carbocycles. The van der Waals surface area contributed by atoms with E-state index in [-0.39, 0.29) is 5.91 Å². The first-order valence-electron chi connectivity index (χ1n) is 7.57. The highest BCUT2D eigenvalue weighted by Gasteiger charge is 2.55. The number of amides is 2. The Bertz CT molecular complexity index is 884. The molecule has 0 bridgehead atoms. The van der Waals surface area contributed by atoms with Crippen molar-refractivity contribution in [3.63, 3.8) is 0 Å². The van der Waals surface area contributed by atoms with E-state index >= 15 is 0 Å². The second-order valence-electron chi connectivity index (χ2n) is 5.63. The third kappa shape index (κ3) is 2.44. The van der Waals surface area contributed by atoms with Gasteiger partial charge in [-0.25, -0.2) is 9.91 Å². The number of methoxy groups -OCH3 is 1. The summed E-state index contributed by atoms with van der Waals surface area (Å²) in [4.78, 5) is 26.8. The van der Waals surface area contributed by atoms with Crippen LogP contribution in [0.3, 0.4) is 0 Å². The molecule has 7 nitrogen and oxygen atoms in total. The Morgan fingerprint density at radius 1 is 1.04 bits per heavy atom. The van der Waals surface area contributed by atoms with Gasteiger partial charge < -0.3 is 4.74 Å². The molecule has 2 atom stereocenters. The van der Waals surface area contributed by atoms with Gasteiger partial charge in [0, 0.05) is 11.1 Å². The minimum Gasteiger partial charge on any atom is -0.497 e. The number of nitrogens with zero attached hydrogens (tertiary/aromatic N) is 4. The zero-order valence-electron chi connectivity index (χ0n) is 13.2. The quantitative estimate of drug-likeness (QED) is 0.792. The number of hydrogen-bond acceptors (Lipinski definition) is 6. The van der Waals surface area contributed by atoms with Gasteiger partial charge in [-0.2, -0.15) is 5.11 Å². The van der Waals surface area contributed by atoms with Crippen LogP contribution >= 0.6 is 11.6 Å².